The maximum Gasteiger partial charge on any atom is 0.248 e. The van der Waals surface area contributed by atoms with E-state index in [9.17, 15) is 4.79 Å². The van der Waals surface area contributed by atoms with Gasteiger partial charge < -0.3 is 20.7 Å². The number of ether oxygens (including phenoxy) is 1. The summed E-state index contributed by atoms with van der Waals surface area (Å²) in [6, 6.07) is 0. The normalized spacial score (nSPS) is 19.6. The van der Waals surface area contributed by atoms with Crippen molar-refractivity contribution in [3.63, 3.8) is 0 Å². The summed E-state index contributed by atoms with van der Waals surface area (Å²) in [4.78, 5) is 20.9. The third kappa shape index (κ3) is 3.24. The highest BCUT2D eigenvalue weighted by Gasteiger charge is 2.23. The number of nitrogens with one attached hydrogen (secondary N) is 1. The van der Waals surface area contributed by atoms with Crippen LogP contribution in [0.2, 0.25) is 5.02 Å². The van der Waals surface area contributed by atoms with Gasteiger partial charge in [0.1, 0.15) is 11.6 Å². The van der Waals surface area contributed by atoms with Crippen LogP contribution in [0.25, 0.3) is 0 Å². The number of nitrogens with two attached hydrogens (primary N) is 1. The van der Waals surface area contributed by atoms with Gasteiger partial charge >= 0.3 is 0 Å². The van der Waals surface area contributed by atoms with Crippen molar-refractivity contribution in [3.8, 4) is 0 Å². The third-order valence-corrected chi connectivity index (χ3v) is 3.33. The summed E-state index contributed by atoms with van der Waals surface area (Å²) < 4.78 is 5.41. The van der Waals surface area contributed by atoms with Crippen molar-refractivity contribution < 1.29 is 9.53 Å². The lowest BCUT2D eigenvalue weighted by Gasteiger charge is -2.30. The molecule has 1 aromatic heterocycles. The molecule has 3 N–H and O–H groups in total. The predicted octanol–water partition coefficient (Wildman–Crippen LogP) is 0.290. The molecule has 8 heteroatoms. The summed E-state index contributed by atoms with van der Waals surface area (Å²) >= 11 is 6.09. The Morgan fingerprint density at radius 3 is 3.00 bits per heavy atom. The number of hydrogen-bond acceptors (Lipinski definition) is 6. The number of nitrogens with zero attached hydrogens (tertiary/aromatic N) is 3. The molecule has 1 atom stereocenters. The molecule has 1 unspecified atom stereocenters. The zero-order valence-corrected chi connectivity index (χ0v) is 11.6. The maximum atomic E-state index is 11.3. The van der Waals surface area contributed by atoms with E-state index in [2.05, 4.69) is 15.3 Å². The summed E-state index contributed by atoms with van der Waals surface area (Å²) in [5.74, 6) is 0.632. The molecule has 0 saturated carbocycles. The zero-order chi connectivity index (χ0) is 14.0. The van der Waals surface area contributed by atoms with E-state index in [4.69, 9.17) is 22.1 Å². The van der Waals surface area contributed by atoms with Crippen molar-refractivity contribution >= 4 is 29.3 Å². The van der Waals surface area contributed by atoms with Crippen molar-refractivity contribution in [2.24, 2.45) is 0 Å². The first-order valence-electron chi connectivity index (χ1n) is 5.86. The first-order valence-corrected chi connectivity index (χ1v) is 6.24. The number of rotatable bonds is 3. The highest BCUT2D eigenvalue weighted by Crippen LogP contribution is 2.23. The van der Waals surface area contributed by atoms with Crippen molar-refractivity contribution in [2.75, 3.05) is 37.8 Å². The first kappa shape index (κ1) is 13.8. The van der Waals surface area contributed by atoms with Gasteiger partial charge in [-0.15, -0.1) is 0 Å². The van der Waals surface area contributed by atoms with E-state index >= 15 is 0 Å². The lowest BCUT2D eigenvalue weighted by atomic mass is 10.2. The van der Waals surface area contributed by atoms with Gasteiger partial charge in [0.25, 0.3) is 0 Å². The molecular weight excluding hydrogens is 270 g/mol. The van der Waals surface area contributed by atoms with Gasteiger partial charge in [-0.05, 0) is 6.92 Å². The Morgan fingerprint density at radius 2 is 2.32 bits per heavy atom. The van der Waals surface area contributed by atoms with Crippen molar-refractivity contribution in [3.05, 3.63) is 10.7 Å². The molecule has 0 radical (unpaired) electrons. The second kappa shape index (κ2) is 5.58. The van der Waals surface area contributed by atoms with Crippen molar-refractivity contribution in [1.82, 2.24) is 14.9 Å². The summed E-state index contributed by atoms with van der Waals surface area (Å²) in [7, 11) is 1.75. The van der Waals surface area contributed by atoms with Crippen molar-refractivity contribution in [2.45, 2.75) is 13.0 Å². The van der Waals surface area contributed by atoms with Crippen LogP contribution >= 0.6 is 11.6 Å². The van der Waals surface area contributed by atoms with Crippen LogP contribution in [0.15, 0.2) is 0 Å². The summed E-state index contributed by atoms with van der Waals surface area (Å²) in [6.07, 6.45) is -0.102. The highest BCUT2D eigenvalue weighted by atomic mass is 35.5. The fourth-order valence-electron chi connectivity index (χ4n) is 1.79. The molecule has 0 aliphatic carbocycles. The van der Waals surface area contributed by atoms with E-state index in [1.54, 1.807) is 18.9 Å². The highest BCUT2D eigenvalue weighted by molar-refractivity contribution is 6.33. The van der Waals surface area contributed by atoms with Gasteiger partial charge in [-0.25, -0.2) is 4.98 Å². The van der Waals surface area contributed by atoms with Crippen LogP contribution in [0.3, 0.4) is 0 Å². The SMILES string of the molecule is Cc1nc(N)nc(NCC2CN(C)C(=O)CO2)c1Cl. The molecule has 1 aromatic rings. The average molecular weight is 286 g/mol. The molecule has 104 valence electrons. The number of hydrogen-bond donors (Lipinski definition) is 2. The largest absolute Gasteiger partial charge is 0.368 e. The Hall–Kier alpha value is -1.60. The van der Waals surface area contributed by atoms with Gasteiger partial charge in [0, 0.05) is 20.1 Å². The molecule has 19 heavy (non-hydrogen) atoms. The van der Waals surface area contributed by atoms with E-state index < -0.39 is 0 Å². The summed E-state index contributed by atoms with van der Waals surface area (Å²) in [5.41, 5.74) is 6.19. The Balaban J connectivity index is 1.98. The van der Waals surface area contributed by atoms with E-state index in [0.717, 1.165) is 0 Å². The van der Waals surface area contributed by atoms with Crippen LogP contribution in [0, 0.1) is 6.92 Å². The second-order valence-electron chi connectivity index (χ2n) is 4.42. The molecule has 1 aliphatic rings. The molecule has 1 amide bonds. The summed E-state index contributed by atoms with van der Waals surface area (Å²) in [5, 5.41) is 3.51. The van der Waals surface area contributed by atoms with Gasteiger partial charge in [0.05, 0.1) is 11.8 Å². The lowest BCUT2D eigenvalue weighted by molar-refractivity contribution is -0.145. The maximum absolute atomic E-state index is 11.3. The Labute approximate surface area is 116 Å². The monoisotopic (exact) mass is 285 g/mol. The molecule has 1 fully saturated rings. The smallest absolute Gasteiger partial charge is 0.248 e. The number of amides is 1. The topological polar surface area (TPSA) is 93.4 Å². The third-order valence-electron chi connectivity index (χ3n) is 2.88. The molecule has 2 heterocycles. The molecule has 0 aromatic carbocycles. The predicted molar refractivity (Wildman–Crippen MR) is 72.1 cm³/mol. The molecule has 0 bridgehead atoms. The number of aryl methyl sites for hydroxylation is 1. The van der Waals surface area contributed by atoms with Crippen LogP contribution in [-0.4, -0.2) is 53.6 Å². The fraction of sp³-hybridized carbons (Fsp3) is 0.545. The Bertz CT molecular complexity index is 496. The standard InChI is InChI=1S/C11H16ClN5O2/c1-6-9(12)10(16-11(13)15-6)14-3-7-4-17(2)8(18)5-19-7/h7H,3-5H2,1-2H3,(H3,13,14,15,16). The van der Waals surface area contributed by atoms with Crippen LogP contribution < -0.4 is 11.1 Å². The molecule has 1 aliphatic heterocycles. The van der Waals surface area contributed by atoms with Crippen molar-refractivity contribution in [1.29, 1.82) is 0 Å². The van der Waals surface area contributed by atoms with Crippen LogP contribution in [0.4, 0.5) is 11.8 Å². The Morgan fingerprint density at radius 1 is 1.58 bits per heavy atom. The number of aromatic nitrogens is 2. The quantitative estimate of drug-likeness (QED) is 0.829. The number of morpholine rings is 1. The molecular formula is C11H16ClN5O2. The number of nitrogen functional groups attached to an aromatic ring is 1. The fourth-order valence-corrected chi connectivity index (χ4v) is 1.94. The number of anilines is 2. The van der Waals surface area contributed by atoms with Gasteiger partial charge in [-0.1, -0.05) is 11.6 Å². The minimum absolute atomic E-state index is 0.0172. The molecule has 0 spiro atoms. The van der Waals surface area contributed by atoms with E-state index in [1.165, 1.54) is 0 Å². The molecule has 2 rings (SSSR count). The molecule has 1 saturated heterocycles. The van der Waals surface area contributed by atoms with Crippen LogP contribution in [-0.2, 0) is 9.53 Å². The van der Waals surface area contributed by atoms with E-state index in [0.29, 0.717) is 29.6 Å². The van der Waals surface area contributed by atoms with Gasteiger partial charge in [0.2, 0.25) is 11.9 Å². The second-order valence-corrected chi connectivity index (χ2v) is 4.80. The number of carbonyl (C=O) groups is 1. The minimum atomic E-state index is -0.102. The van der Waals surface area contributed by atoms with Crippen LogP contribution in [0.1, 0.15) is 5.69 Å². The zero-order valence-electron chi connectivity index (χ0n) is 10.8. The first-order chi connectivity index (χ1) is 8.97. The number of carbonyl (C=O) groups excluding carboxylic acids is 1. The van der Waals surface area contributed by atoms with E-state index in [-0.39, 0.29) is 24.6 Å². The lowest BCUT2D eigenvalue weighted by Crippen LogP contribution is -2.46. The van der Waals surface area contributed by atoms with E-state index in [1.807, 2.05) is 0 Å². The number of halogens is 1. The average Bonchev–Trinajstić information content (AvgIpc) is 2.36. The Kier molecular flexibility index (Phi) is 4.06. The van der Waals surface area contributed by atoms with Crippen LogP contribution in [0.5, 0.6) is 0 Å². The van der Waals surface area contributed by atoms with Gasteiger partial charge in [0.15, 0.2) is 5.82 Å². The van der Waals surface area contributed by atoms with Gasteiger partial charge in [-0.2, -0.15) is 4.98 Å². The van der Waals surface area contributed by atoms with Gasteiger partial charge in [-0.3, -0.25) is 4.79 Å². The minimum Gasteiger partial charge on any atom is -0.368 e. The number of likely N-dealkylation sites (N-methyl/N-ethyl adjacent to an activating group) is 1. The molecule has 7 nitrogen and oxygen atoms in total. The summed E-state index contributed by atoms with van der Waals surface area (Å²) in [6.45, 7) is 2.88.